The van der Waals surface area contributed by atoms with E-state index in [1.54, 1.807) is 12.1 Å². The predicted molar refractivity (Wildman–Crippen MR) is 111 cm³/mol. The molecule has 0 saturated heterocycles. The number of carbonyl (C=O) groups excluding carboxylic acids is 1. The van der Waals surface area contributed by atoms with E-state index in [0.717, 1.165) is 41.7 Å². The van der Waals surface area contributed by atoms with Gasteiger partial charge in [0.25, 0.3) is 0 Å². The lowest BCUT2D eigenvalue weighted by Crippen LogP contribution is -2.38. The van der Waals surface area contributed by atoms with Gasteiger partial charge in [-0.15, -0.1) is 0 Å². The number of carbonyl (C=O) groups is 1. The third-order valence-electron chi connectivity index (χ3n) is 5.12. The van der Waals surface area contributed by atoms with Gasteiger partial charge in [-0.25, -0.2) is 9.37 Å². The molecule has 5 heteroatoms. The first-order valence-electron chi connectivity index (χ1n) is 10.0. The van der Waals surface area contributed by atoms with E-state index < -0.39 is 0 Å². The van der Waals surface area contributed by atoms with Crippen molar-refractivity contribution in [2.45, 2.75) is 58.5 Å². The monoisotopic (exact) mass is 381 g/mol. The van der Waals surface area contributed by atoms with Gasteiger partial charge in [-0.2, -0.15) is 0 Å². The van der Waals surface area contributed by atoms with E-state index in [2.05, 4.69) is 23.7 Å². The summed E-state index contributed by atoms with van der Waals surface area (Å²) >= 11 is 0. The summed E-state index contributed by atoms with van der Waals surface area (Å²) in [4.78, 5) is 17.9. The van der Waals surface area contributed by atoms with E-state index in [9.17, 15) is 9.18 Å². The van der Waals surface area contributed by atoms with E-state index in [1.807, 2.05) is 31.2 Å². The largest absolute Gasteiger partial charge is 0.352 e. The summed E-state index contributed by atoms with van der Waals surface area (Å²) in [6.07, 6.45) is 3.06. The summed E-state index contributed by atoms with van der Waals surface area (Å²) < 4.78 is 15.4. The standard InChI is InChI=1S/C23H28FN3O/c1-4-8-21(23(28)25-16(3)5-2)27-20-10-7-6-9-19(20)26-22(27)15-17-11-13-18(24)14-12-17/h6-7,9-14,16,21H,4-5,8,15H2,1-3H3,(H,25,28)/t16-,21-/m1/s1. The normalized spacial score (nSPS) is 13.4. The number of rotatable bonds is 8. The van der Waals surface area contributed by atoms with Crippen molar-refractivity contribution >= 4 is 16.9 Å². The molecule has 2 aromatic carbocycles. The number of hydrogen-bond acceptors (Lipinski definition) is 2. The van der Waals surface area contributed by atoms with Gasteiger partial charge in [0.2, 0.25) is 5.91 Å². The molecule has 0 unspecified atom stereocenters. The van der Waals surface area contributed by atoms with E-state index in [-0.39, 0.29) is 23.8 Å². The maximum absolute atomic E-state index is 13.3. The van der Waals surface area contributed by atoms with Crippen LogP contribution in [-0.4, -0.2) is 21.5 Å². The fraction of sp³-hybridized carbons (Fsp3) is 0.391. The SMILES string of the molecule is CCC[C@H](C(=O)N[C@H](C)CC)n1c(Cc2ccc(F)cc2)nc2ccccc21. The van der Waals surface area contributed by atoms with Crippen LogP contribution in [0.1, 0.15) is 57.5 Å². The molecule has 0 fully saturated rings. The Bertz CT molecular complexity index is 933. The highest BCUT2D eigenvalue weighted by molar-refractivity contribution is 5.84. The number of benzene rings is 2. The van der Waals surface area contributed by atoms with Crippen molar-refractivity contribution < 1.29 is 9.18 Å². The van der Waals surface area contributed by atoms with Gasteiger partial charge < -0.3 is 9.88 Å². The van der Waals surface area contributed by atoms with Gasteiger partial charge in [0.05, 0.1) is 11.0 Å². The predicted octanol–water partition coefficient (Wildman–Crippen LogP) is 5.02. The number of aromatic nitrogens is 2. The quantitative estimate of drug-likeness (QED) is 0.595. The van der Waals surface area contributed by atoms with Crippen LogP contribution >= 0.6 is 0 Å². The van der Waals surface area contributed by atoms with Gasteiger partial charge in [0, 0.05) is 12.5 Å². The molecule has 28 heavy (non-hydrogen) atoms. The highest BCUT2D eigenvalue weighted by atomic mass is 19.1. The second-order valence-corrected chi connectivity index (χ2v) is 7.31. The minimum absolute atomic E-state index is 0.0275. The Morgan fingerprint density at radius 1 is 1.14 bits per heavy atom. The summed E-state index contributed by atoms with van der Waals surface area (Å²) in [5.41, 5.74) is 2.80. The number of nitrogens with zero attached hydrogens (tertiary/aromatic N) is 2. The van der Waals surface area contributed by atoms with Gasteiger partial charge in [-0.05, 0) is 49.6 Å². The number of halogens is 1. The molecule has 0 bridgehead atoms. The zero-order valence-corrected chi connectivity index (χ0v) is 16.8. The van der Waals surface area contributed by atoms with E-state index >= 15 is 0 Å². The van der Waals surface area contributed by atoms with Crippen LogP contribution in [0.5, 0.6) is 0 Å². The lowest BCUT2D eigenvalue weighted by molar-refractivity contribution is -0.125. The number of fused-ring (bicyclic) bond motifs is 1. The van der Waals surface area contributed by atoms with Crippen LogP contribution in [0.4, 0.5) is 4.39 Å². The second kappa shape index (κ2) is 9.00. The smallest absolute Gasteiger partial charge is 0.243 e. The highest BCUT2D eigenvalue weighted by Gasteiger charge is 2.25. The van der Waals surface area contributed by atoms with E-state index in [4.69, 9.17) is 4.98 Å². The summed E-state index contributed by atoms with van der Waals surface area (Å²) in [7, 11) is 0. The van der Waals surface area contributed by atoms with Crippen LogP contribution in [0.3, 0.4) is 0 Å². The van der Waals surface area contributed by atoms with Crippen molar-refractivity contribution in [3.05, 3.63) is 65.7 Å². The lowest BCUT2D eigenvalue weighted by atomic mass is 10.1. The number of amides is 1. The van der Waals surface area contributed by atoms with Crippen LogP contribution < -0.4 is 5.32 Å². The molecule has 0 aliphatic carbocycles. The molecule has 0 radical (unpaired) electrons. The van der Waals surface area contributed by atoms with Crippen molar-refractivity contribution in [2.24, 2.45) is 0 Å². The molecule has 0 aliphatic heterocycles. The number of para-hydroxylation sites is 2. The van der Waals surface area contributed by atoms with Gasteiger partial charge in [0.15, 0.2) is 0 Å². The Morgan fingerprint density at radius 3 is 2.54 bits per heavy atom. The lowest BCUT2D eigenvalue weighted by Gasteiger charge is -2.23. The Balaban J connectivity index is 2.05. The maximum atomic E-state index is 13.3. The first-order chi connectivity index (χ1) is 13.5. The van der Waals surface area contributed by atoms with Gasteiger partial charge in [0.1, 0.15) is 17.7 Å². The van der Waals surface area contributed by atoms with Crippen LogP contribution in [0, 0.1) is 5.82 Å². The van der Waals surface area contributed by atoms with Crippen molar-refractivity contribution in [2.75, 3.05) is 0 Å². The maximum Gasteiger partial charge on any atom is 0.243 e. The number of imidazole rings is 1. The van der Waals surface area contributed by atoms with Crippen LogP contribution in [0.25, 0.3) is 11.0 Å². The molecule has 3 rings (SSSR count). The molecular weight excluding hydrogens is 353 g/mol. The van der Waals surface area contributed by atoms with Crippen molar-refractivity contribution in [3.63, 3.8) is 0 Å². The van der Waals surface area contributed by atoms with E-state index in [1.165, 1.54) is 12.1 Å². The molecule has 2 atom stereocenters. The zero-order chi connectivity index (χ0) is 20.1. The molecule has 148 valence electrons. The molecular formula is C23H28FN3O. The Kier molecular flexibility index (Phi) is 6.45. The summed E-state index contributed by atoms with van der Waals surface area (Å²) in [6, 6.07) is 14.2. The molecule has 1 N–H and O–H groups in total. The Morgan fingerprint density at radius 2 is 1.86 bits per heavy atom. The molecule has 0 spiro atoms. The minimum atomic E-state index is -0.318. The minimum Gasteiger partial charge on any atom is -0.352 e. The number of hydrogen-bond donors (Lipinski definition) is 1. The number of nitrogens with one attached hydrogen (secondary N) is 1. The van der Waals surface area contributed by atoms with Crippen LogP contribution in [-0.2, 0) is 11.2 Å². The average Bonchev–Trinajstić information content (AvgIpc) is 3.05. The van der Waals surface area contributed by atoms with Crippen LogP contribution in [0.2, 0.25) is 0 Å². The molecule has 1 aromatic heterocycles. The van der Waals surface area contributed by atoms with Gasteiger partial charge >= 0.3 is 0 Å². The summed E-state index contributed by atoms with van der Waals surface area (Å²) in [5, 5.41) is 3.13. The third kappa shape index (κ3) is 4.41. The average molecular weight is 381 g/mol. The molecule has 1 heterocycles. The topological polar surface area (TPSA) is 46.9 Å². The second-order valence-electron chi connectivity index (χ2n) is 7.31. The highest BCUT2D eigenvalue weighted by Crippen LogP contribution is 2.26. The van der Waals surface area contributed by atoms with Crippen LogP contribution in [0.15, 0.2) is 48.5 Å². The third-order valence-corrected chi connectivity index (χ3v) is 5.12. The van der Waals surface area contributed by atoms with Crippen molar-refractivity contribution in [1.29, 1.82) is 0 Å². The first-order valence-corrected chi connectivity index (χ1v) is 10.0. The molecule has 4 nitrogen and oxygen atoms in total. The summed E-state index contributed by atoms with van der Waals surface area (Å²) in [5.74, 6) is 0.597. The Hall–Kier alpha value is -2.69. The summed E-state index contributed by atoms with van der Waals surface area (Å²) in [6.45, 7) is 6.17. The Labute approximate surface area is 165 Å². The van der Waals surface area contributed by atoms with Gasteiger partial charge in [-0.3, -0.25) is 4.79 Å². The van der Waals surface area contributed by atoms with Crippen molar-refractivity contribution in [3.8, 4) is 0 Å². The fourth-order valence-corrected chi connectivity index (χ4v) is 3.44. The molecule has 0 aliphatic rings. The van der Waals surface area contributed by atoms with Crippen molar-refractivity contribution in [1.82, 2.24) is 14.9 Å². The molecule has 3 aromatic rings. The van der Waals surface area contributed by atoms with E-state index in [0.29, 0.717) is 6.42 Å². The first kappa shape index (κ1) is 20.1. The molecule has 0 saturated carbocycles. The fourth-order valence-electron chi connectivity index (χ4n) is 3.44. The van der Waals surface area contributed by atoms with Gasteiger partial charge in [-0.1, -0.05) is 44.5 Å². The zero-order valence-electron chi connectivity index (χ0n) is 16.8. The molecule has 1 amide bonds.